The molecule has 1 aromatic rings. The lowest BCUT2D eigenvalue weighted by Crippen LogP contribution is -2.38. The van der Waals surface area contributed by atoms with Crippen LogP contribution in [0.15, 0.2) is 36.4 Å². The molecule has 4 rings (SSSR count). The zero-order valence-corrected chi connectivity index (χ0v) is 12.2. The Morgan fingerprint density at radius 3 is 2.95 bits per heavy atom. The van der Waals surface area contributed by atoms with Crippen molar-refractivity contribution in [2.75, 3.05) is 7.11 Å². The van der Waals surface area contributed by atoms with Crippen LogP contribution in [-0.4, -0.2) is 30.8 Å². The first kappa shape index (κ1) is 13.5. The van der Waals surface area contributed by atoms with Crippen molar-refractivity contribution in [1.29, 1.82) is 0 Å². The number of hydrogen-bond acceptors (Lipinski definition) is 5. The van der Waals surface area contributed by atoms with Crippen molar-refractivity contribution in [1.82, 2.24) is 0 Å². The Balaban J connectivity index is 1.56. The van der Waals surface area contributed by atoms with Crippen LogP contribution in [0, 0.1) is 11.8 Å². The van der Waals surface area contributed by atoms with Gasteiger partial charge < -0.3 is 14.2 Å². The van der Waals surface area contributed by atoms with Gasteiger partial charge in [-0.1, -0.05) is 24.3 Å². The van der Waals surface area contributed by atoms with Crippen molar-refractivity contribution < 1.29 is 23.8 Å². The molecule has 3 aliphatic heterocycles. The predicted octanol–water partition coefficient (Wildman–Crippen LogP) is 1.65. The molecule has 3 aliphatic rings. The maximum Gasteiger partial charge on any atom is 0.320 e. The Hall–Kier alpha value is -2.14. The molecule has 2 bridgehead atoms. The number of ether oxygens (including phenoxy) is 3. The summed E-state index contributed by atoms with van der Waals surface area (Å²) < 4.78 is 16.0. The minimum atomic E-state index is -0.707. The van der Waals surface area contributed by atoms with Gasteiger partial charge in [-0.05, 0) is 30.5 Å². The minimum absolute atomic E-state index is 0.325. The molecular weight excluding hydrogens is 284 g/mol. The molecule has 0 saturated carbocycles. The summed E-state index contributed by atoms with van der Waals surface area (Å²) >= 11 is 0. The van der Waals surface area contributed by atoms with E-state index in [9.17, 15) is 9.59 Å². The van der Waals surface area contributed by atoms with Gasteiger partial charge in [0.05, 0.1) is 13.2 Å². The summed E-state index contributed by atoms with van der Waals surface area (Å²) in [6, 6.07) is 7.81. The predicted molar refractivity (Wildman–Crippen MR) is 76.1 cm³/mol. The second kappa shape index (κ2) is 4.68. The fraction of sp³-hybridized carbons (Fsp3) is 0.412. The van der Waals surface area contributed by atoms with E-state index in [0.717, 1.165) is 17.7 Å². The maximum absolute atomic E-state index is 12.0. The molecule has 114 valence electrons. The van der Waals surface area contributed by atoms with E-state index in [1.165, 1.54) is 0 Å². The molecule has 2 saturated heterocycles. The Bertz CT molecular complexity index is 679. The highest BCUT2D eigenvalue weighted by atomic mass is 16.6. The highest BCUT2D eigenvalue weighted by molar-refractivity contribution is 5.99. The second-order valence-corrected chi connectivity index (χ2v) is 5.99. The van der Waals surface area contributed by atoms with E-state index in [2.05, 4.69) is 0 Å². The first-order valence-corrected chi connectivity index (χ1v) is 7.39. The average Bonchev–Trinajstić information content (AvgIpc) is 3.18. The third-order valence-corrected chi connectivity index (χ3v) is 4.83. The number of benzene rings is 1. The fourth-order valence-electron chi connectivity index (χ4n) is 3.77. The van der Waals surface area contributed by atoms with Crippen LogP contribution in [0.4, 0.5) is 0 Å². The summed E-state index contributed by atoms with van der Waals surface area (Å²) in [6.45, 7) is 0. The molecule has 0 radical (unpaired) electrons. The van der Waals surface area contributed by atoms with Gasteiger partial charge in [-0.15, -0.1) is 0 Å². The van der Waals surface area contributed by atoms with Crippen LogP contribution in [0.3, 0.4) is 0 Å². The van der Waals surface area contributed by atoms with E-state index in [1.54, 1.807) is 7.11 Å². The molecule has 0 aliphatic carbocycles. The van der Waals surface area contributed by atoms with Crippen molar-refractivity contribution in [3.63, 3.8) is 0 Å². The molecule has 0 spiro atoms. The highest BCUT2D eigenvalue weighted by Crippen LogP contribution is 2.52. The van der Waals surface area contributed by atoms with Gasteiger partial charge in [-0.2, -0.15) is 0 Å². The maximum atomic E-state index is 12.0. The van der Waals surface area contributed by atoms with E-state index in [4.69, 9.17) is 14.2 Å². The number of methoxy groups -OCH3 is 1. The summed E-state index contributed by atoms with van der Waals surface area (Å²) in [5.41, 5.74) is 0.400. The standard InChI is InChI=1S/C17H16O5/c1-20-11-4-2-3-10(9-11)5-7-17-8-6-12(22-17)13-14(17)16(19)21-15(13)18/h2-4,6,8-9,12-14H,5,7H2,1H3. The van der Waals surface area contributed by atoms with Gasteiger partial charge in [0, 0.05) is 0 Å². The molecule has 3 heterocycles. The van der Waals surface area contributed by atoms with Gasteiger partial charge >= 0.3 is 11.9 Å². The summed E-state index contributed by atoms with van der Waals surface area (Å²) in [6.07, 6.45) is 4.86. The lowest BCUT2D eigenvalue weighted by Gasteiger charge is -2.27. The summed E-state index contributed by atoms with van der Waals surface area (Å²) in [5, 5.41) is 0. The fourth-order valence-corrected chi connectivity index (χ4v) is 3.77. The molecule has 2 fully saturated rings. The number of carbonyl (C=O) groups excluding carboxylic acids is 2. The molecule has 0 amide bonds. The van der Waals surface area contributed by atoms with Crippen molar-refractivity contribution in [2.45, 2.75) is 24.5 Å². The molecule has 5 nitrogen and oxygen atoms in total. The first-order chi connectivity index (χ1) is 10.6. The van der Waals surface area contributed by atoms with Gasteiger partial charge in [0.2, 0.25) is 0 Å². The lowest BCUT2D eigenvalue weighted by atomic mass is 9.74. The van der Waals surface area contributed by atoms with Crippen LogP contribution in [0.5, 0.6) is 5.75 Å². The molecule has 4 atom stereocenters. The summed E-state index contributed by atoms with van der Waals surface area (Å²) in [5.74, 6) is -1.07. The molecule has 1 aromatic carbocycles. The van der Waals surface area contributed by atoms with E-state index in [-0.39, 0.29) is 6.10 Å². The number of hydrogen-bond donors (Lipinski definition) is 0. The highest BCUT2D eigenvalue weighted by Gasteiger charge is 2.66. The molecule has 4 unspecified atom stereocenters. The average molecular weight is 300 g/mol. The normalized spacial score (nSPS) is 34.9. The van der Waals surface area contributed by atoms with E-state index in [1.807, 2.05) is 36.4 Å². The summed E-state index contributed by atoms with van der Waals surface area (Å²) in [4.78, 5) is 23.8. The Kier molecular flexibility index (Phi) is 2.87. The van der Waals surface area contributed by atoms with Crippen LogP contribution in [-0.2, 0) is 25.5 Å². The number of aryl methyl sites for hydroxylation is 1. The van der Waals surface area contributed by atoms with Gasteiger partial charge in [0.25, 0.3) is 0 Å². The van der Waals surface area contributed by atoms with Gasteiger partial charge in [-0.25, -0.2) is 0 Å². The van der Waals surface area contributed by atoms with Crippen molar-refractivity contribution in [2.24, 2.45) is 11.8 Å². The van der Waals surface area contributed by atoms with Crippen molar-refractivity contribution in [3.05, 3.63) is 42.0 Å². The zero-order valence-electron chi connectivity index (χ0n) is 12.2. The molecule has 0 aromatic heterocycles. The molecule has 5 heteroatoms. The smallest absolute Gasteiger partial charge is 0.320 e. The Morgan fingerprint density at radius 1 is 1.27 bits per heavy atom. The number of fused-ring (bicyclic) bond motifs is 5. The minimum Gasteiger partial charge on any atom is -0.497 e. The number of rotatable bonds is 4. The summed E-state index contributed by atoms with van der Waals surface area (Å²) in [7, 11) is 1.63. The van der Waals surface area contributed by atoms with Gasteiger partial charge in [0.15, 0.2) is 0 Å². The van der Waals surface area contributed by atoms with E-state index >= 15 is 0 Å². The van der Waals surface area contributed by atoms with Crippen LogP contribution < -0.4 is 4.74 Å². The Labute approximate surface area is 127 Å². The van der Waals surface area contributed by atoms with Crippen LogP contribution >= 0.6 is 0 Å². The van der Waals surface area contributed by atoms with E-state index in [0.29, 0.717) is 6.42 Å². The number of cyclic esters (lactones) is 2. The van der Waals surface area contributed by atoms with Crippen molar-refractivity contribution in [3.8, 4) is 5.75 Å². The third-order valence-electron chi connectivity index (χ3n) is 4.83. The third kappa shape index (κ3) is 1.82. The topological polar surface area (TPSA) is 61.8 Å². The number of carbonyl (C=O) groups is 2. The van der Waals surface area contributed by atoms with E-state index < -0.39 is 29.4 Å². The first-order valence-electron chi connectivity index (χ1n) is 7.39. The van der Waals surface area contributed by atoms with Crippen molar-refractivity contribution >= 4 is 11.9 Å². The lowest BCUT2D eigenvalue weighted by molar-refractivity contribution is -0.158. The Morgan fingerprint density at radius 2 is 2.14 bits per heavy atom. The van der Waals surface area contributed by atoms with Crippen LogP contribution in [0.2, 0.25) is 0 Å². The van der Waals surface area contributed by atoms with Gasteiger partial charge in [-0.3, -0.25) is 9.59 Å². The SMILES string of the molecule is COc1cccc(CCC23C=CC(O2)C2C(=O)OC(=O)C23)c1. The molecular formula is C17H16O5. The molecule has 22 heavy (non-hydrogen) atoms. The number of esters is 2. The quantitative estimate of drug-likeness (QED) is 0.481. The monoisotopic (exact) mass is 300 g/mol. The van der Waals surface area contributed by atoms with Crippen LogP contribution in [0.1, 0.15) is 12.0 Å². The van der Waals surface area contributed by atoms with Gasteiger partial charge in [0.1, 0.15) is 23.2 Å². The second-order valence-electron chi connectivity index (χ2n) is 5.99. The largest absolute Gasteiger partial charge is 0.497 e. The van der Waals surface area contributed by atoms with Crippen LogP contribution in [0.25, 0.3) is 0 Å². The molecule has 0 N–H and O–H groups in total. The zero-order chi connectivity index (χ0) is 15.3.